The van der Waals surface area contributed by atoms with E-state index in [-0.39, 0.29) is 29.2 Å². The van der Waals surface area contributed by atoms with Crippen molar-refractivity contribution in [3.63, 3.8) is 0 Å². The van der Waals surface area contributed by atoms with E-state index in [0.29, 0.717) is 33.3 Å². The van der Waals surface area contributed by atoms with Crippen LogP contribution in [0.25, 0.3) is 0 Å². The van der Waals surface area contributed by atoms with Crippen LogP contribution in [0.15, 0.2) is 30.3 Å². The summed E-state index contributed by atoms with van der Waals surface area (Å²) in [6.07, 6.45) is 1.59. The predicted molar refractivity (Wildman–Crippen MR) is 121 cm³/mol. The zero-order valence-corrected chi connectivity index (χ0v) is 19.3. The Kier molecular flexibility index (Phi) is 4.92. The van der Waals surface area contributed by atoms with Crippen LogP contribution in [-0.4, -0.2) is 47.7 Å². The SMILES string of the molecule is CC1C2Cc3ccc(O)c4c3C1(CCN2C)C([C@@H](C)NC(=O)c1ccc(Cl)c(Cl)c1)O4. The largest absolute Gasteiger partial charge is 0.504 e. The highest BCUT2D eigenvalue weighted by molar-refractivity contribution is 6.42. The Hall–Kier alpha value is -1.95. The lowest BCUT2D eigenvalue weighted by atomic mass is 9.55. The zero-order chi connectivity index (χ0) is 22.1. The first-order chi connectivity index (χ1) is 14.7. The fraction of sp³-hybridized carbons (Fsp3) is 0.458. The van der Waals surface area contributed by atoms with E-state index in [2.05, 4.69) is 24.2 Å². The van der Waals surface area contributed by atoms with Crippen molar-refractivity contribution in [3.8, 4) is 11.5 Å². The molecule has 2 aliphatic heterocycles. The van der Waals surface area contributed by atoms with Gasteiger partial charge in [0.1, 0.15) is 6.10 Å². The van der Waals surface area contributed by atoms with Crippen LogP contribution < -0.4 is 10.1 Å². The van der Waals surface area contributed by atoms with Gasteiger partial charge in [0.2, 0.25) is 0 Å². The van der Waals surface area contributed by atoms with Gasteiger partial charge >= 0.3 is 0 Å². The molecule has 2 N–H and O–H groups in total. The summed E-state index contributed by atoms with van der Waals surface area (Å²) < 4.78 is 6.46. The van der Waals surface area contributed by atoms with Crippen LogP contribution in [0.5, 0.6) is 11.5 Å². The van der Waals surface area contributed by atoms with Gasteiger partial charge < -0.3 is 20.1 Å². The average Bonchev–Trinajstić information content (AvgIpc) is 3.09. The van der Waals surface area contributed by atoms with Gasteiger partial charge in [0.05, 0.1) is 16.1 Å². The smallest absolute Gasteiger partial charge is 0.251 e. The third-order valence-electron chi connectivity index (χ3n) is 7.70. The maximum atomic E-state index is 13.0. The summed E-state index contributed by atoms with van der Waals surface area (Å²) in [7, 11) is 2.18. The molecular weight excluding hydrogens is 435 g/mol. The second-order valence-electron chi connectivity index (χ2n) is 9.21. The van der Waals surface area contributed by atoms with Crippen LogP contribution in [0.2, 0.25) is 10.0 Å². The first-order valence-corrected chi connectivity index (χ1v) is 11.5. The van der Waals surface area contributed by atoms with Gasteiger partial charge in [-0.15, -0.1) is 0 Å². The number of hydrogen-bond donors (Lipinski definition) is 2. The number of carbonyl (C=O) groups is 1. The highest BCUT2D eigenvalue weighted by Gasteiger charge is 2.61. The topological polar surface area (TPSA) is 61.8 Å². The maximum absolute atomic E-state index is 13.0. The van der Waals surface area contributed by atoms with E-state index in [1.54, 1.807) is 24.3 Å². The van der Waals surface area contributed by atoms with Crippen LogP contribution in [0, 0.1) is 5.92 Å². The number of halogens is 2. The number of ether oxygens (including phenoxy) is 1. The molecular formula is C24H26Cl2N2O3. The van der Waals surface area contributed by atoms with E-state index >= 15 is 0 Å². The molecule has 2 aromatic rings. The molecule has 1 aliphatic carbocycles. The number of likely N-dealkylation sites (tertiary alicyclic amines) is 1. The molecule has 5 nitrogen and oxygen atoms in total. The van der Waals surface area contributed by atoms with Crippen molar-refractivity contribution in [1.82, 2.24) is 10.2 Å². The number of carbonyl (C=O) groups excluding carboxylic acids is 1. The summed E-state index contributed by atoms with van der Waals surface area (Å²) >= 11 is 12.1. The molecule has 2 heterocycles. The second kappa shape index (κ2) is 7.29. The number of rotatable bonds is 3. The van der Waals surface area contributed by atoms with Crippen molar-refractivity contribution in [2.45, 2.75) is 50.3 Å². The van der Waals surface area contributed by atoms with Crippen LogP contribution in [0.3, 0.4) is 0 Å². The van der Waals surface area contributed by atoms with Crippen LogP contribution in [0.1, 0.15) is 41.8 Å². The molecule has 0 radical (unpaired) electrons. The molecule has 1 spiro atoms. The normalized spacial score (nSPS) is 29.8. The highest BCUT2D eigenvalue weighted by atomic mass is 35.5. The third-order valence-corrected chi connectivity index (χ3v) is 8.44. The number of hydrogen-bond acceptors (Lipinski definition) is 4. The van der Waals surface area contributed by atoms with Gasteiger partial charge in [-0.25, -0.2) is 0 Å². The minimum atomic E-state index is -0.272. The number of piperidine rings is 1. The van der Waals surface area contributed by atoms with Crippen molar-refractivity contribution in [1.29, 1.82) is 0 Å². The molecule has 3 aliphatic rings. The third kappa shape index (κ3) is 2.97. The molecule has 5 rings (SSSR count). The number of benzene rings is 2. The average molecular weight is 461 g/mol. The van der Waals surface area contributed by atoms with Crippen molar-refractivity contribution in [2.75, 3.05) is 13.6 Å². The van der Waals surface area contributed by atoms with Crippen molar-refractivity contribution < 1.29 is 14.6 Å². The Morgan fingerprint density at radius 1 is 1.29 bits per heavy atom. The second-order valence-corrected chi connectivity index (χ2v) is 10.0. The summed E-state index contributed by atoms with van der Waals surface area (Å²) in [4.78, 5) is 15.4. The monoisotopic (exact) mass is 460 g/mol. The highest BCUT2D eigenvalue weighted by Crippen LogP contribution is 2.60. The minimum Gasteiger partial charge on any atom is -0.504 e. The van der Waals surface area contributed by atoms with E-state index in [1.807, 2.05) is 13.0 Å². The molecule has 31 heavy (non-hydrogen) atoms. The van der Waals surface area contributed by atoms with Crippen LogP contribution >= 0.6 is 23.2 Å². The molecule has 7 heteroatoms. The summed E-state index contributed by atoms with van der Waals surface area (Å²) in [5, 5.41) is 14.5. The lowest BCUT2D eigenvalue weighted by Crippen LogP contribution is -2.64. The lowest BCUT2D eigenvalue weighted by Gasteiger charge is -2.55. The van der Waals surface area contributed by atoms with Gasteiger partial charge in [-0.2, -0.15) is 0 Å². The van der Waals surface area contributed by atoms with E-state index in [4.69, 9.17) is 27.9 Å². The maximum Gasteiger partial charge on any atom is 0.251 e. The molecule has 1 fully saturated rings. The molecule has 164 valence electrons. The Morgan fingerprint density at radius 3 is 2.81 bits per heavy atom. The van der Waals surface area contributed by atoms with Crippen LogP contribution in [-0.2, 0) is 11.8 Å². The lowest BCUT2D eigenvalue weighted by molar-refractivity contribution is -0.0165. The van der Waals surface area contributed by atoms with Gasteiger partial charge in [0, 0.05) is 22.6 Å². The summed E-state index contributed by atoms with van der Waals surface area (Å²) in [5.74, 6) is 0.872. The summed E-state index contributed by atoms with van der Waals surface area (Å²) in [5.41, 5.74) is 2.59. The fourth-order valence-electron chi connectivity index (χ4n) is 6.13. The van der Waals surface area contributed by atoms with Gasteiger partial charge in [-0.1, -0.05) is 36.2 Å². The molecule has 4 unspecified atom stereocenters. The van der Waals surface area contributed by atoms with Crippen molar-refractivity contribution >= 4 is 29.1 Å². The Balaban J connectivity index is 1.51. The number of phenols is 1. The molecule has 0 aromatic heterocycles. The van der Waals surface area contributed by atoms with Crippen molar-refractivity contribution in [2.24, 2.45) is 5.92 Å². The molecule has 0 saturated carbocycles. The standard InChI is InChI=1S/C24H26Cl2N2O3/c1-12-18-11-14-5-7-19(29)21-20(14)24(12,8-9-28(18)3)22(31-21)13(2)27-23(30)15-4-6-16(25)17(26)10-15/h4-7,10,12-13,18,22,29H,8-9,11H2,1-3H3,(H,27,30)/t12?,13-,18?,22?,24?/m1/s1. The number of aromatic hydroxyl groups is 1. The number of nitrogens with one attached hydrogen (secondary N) is 1. The Morgan fingerprint density at radius 2 is 2.06 bits per heavy atom. The van der Waals surface area contributed by atoms with E-state index in [1.165, 1.54) is 5.56 Å². The molecule has 1 saturated heterocycles. The zero-order valence-electron chi connectivity index (χ0n) is 17.8. The quantitative estimate of drug-likeness (QED) is 0.711. The van der Waals surface area contributed by atoms with Gasteiger partial charge in [-0.3, -0.25) is 4.79 Å². The Labute approximate surface area is 192 Å². The molecule has 2 aromatic carbocycles. The molecule has 1 amide bonds. The summed E-state index contributed by atoms with van der Waals surface area (Å²) in [6.45, 7) is 5.22. The number of phenolic OH excluding ortho intramolecular Hbond substituents is 1. The van der Waals surface area contributed by atoms with E-state index in [9.17, 15) is 9.90 Å². The first kappa shape index (κ1) is 20.9. The van der Waals surface area contributed by atoms with Gasteiger partial charge in [0.15, 0.2) is 11.5 Å². The number of fused-ring (bicyclic) bond motifs is 1. The van der Waals surface area contributed by atoms with Gasteiger partial charge in [0.25, 0.3) is 5.91 Å². The molecule has 2 bridgehead atoms. The number of nitrogens with zero attached hydrogens (tertiary/aromatic N) is 1. The summed E-state index contributed by atoms with van der Waals surface area (Å²) in [6, 6.07) is 8.76. The Bertz CT molecular complexity index is 1080. The van der Waals surface area contributed by atoms with E-state index in [0.717, 1.165) is 24.9 Å². The van der Waals surface area contributed by atoms with Gasteiger partial charge in [-0.05, 0) is 69.1 Å². The first-order valence-electron chi connectivity index (χ1n) is 10.7. The minimum absolute atomic E-state index is 0.174. The van der Waals surface area contributed by atoms with E-state index < -0.39 is 0 Å². The predicted octanol–water partition coefficient (Wildman–Crippen LogP) is 4.41. The fourth-order valence-corrected chi connectivity index (χ4v) is 6.43. The number of amides is 1. The van der Waals surface area contributed by atoms with Crippen LogP contribution in [0.4, 0.5) is 0 Å². The molecule has 5 atom stereocenters. The number of likely N-dealkylation sites (N-methyl/N-ethyl adjacent to an activating group) is 1. The van der Waals surface area contributed by atoms with Crippen molar-refractivity contribution in [3.05, 3.63) is 57.1 Å².